The molecule has 0 aliphatic carbocycles. The molecule has 0 heterocycles. The summed E-state index contributed by atoms with van der Waals surface area (Å²) in [5.74, 6) is 1.90. The second-order valence-corrected chi connectivity index (χ2v) is 25.0. The number of rotatable bonds is 56. The Morgan fingerprint density at radius 3 is 1.12 bits per heavy atom. The Balaban J connectivity index is 0. The molecular formula is C66H128Br2N2O6. The van der Waals surface area contributed by atoms with Crippen LogP contribution >= 0.6 is 31.9 Å². The van der Waals surface area contributed by atoms with Gasteiger partial charge in [0, 0.05) is 61.5 Å². The SMILES string of the molecule is CCCCC(C)CCCCCCCCCCOC(=O)CCCCCN(C(=O)CCCCCCCBr)C(C)C.CCCCCCCCC(CCCCCC)COC(=O)CCCCCN(C(=O)CCCCCCCBr)C(C)C. The molecular weight excluding hydrogens is 1080 g/mol. The monoisotopic (exact) mass is 1200 g/mol. The van der Waals surface area contributed by atoms with Gasteiger partial charge in [-0.15, -0.1) is 0 Å². The van der Waals surface area contributed by atoms with E-state index in [0.717, 1.165) is 107 Å². The minimum Gasteiger partial charge on any atom is -0.466 e. The van der Waals surface area contributed by atoms with Gasteiger partial charge in [0.2, 0.25) is 11.8 Å². The molecule has 10 heteroatoms. The first-order chi connectivity index (χ1) is 36.9. The predicted molar refractivity (Wildman–Crippen MR) is 336 cm³/mol. The number of carbonyl (C=O) groups is 4. The standard InChI is InChI=1S/2C33H64BrNO3/c1-5-6-23-31(4)24-17-12-9-7-8-10-15-22-29-38-33(37)26-19-16-21-28-35(30(2)3)32(36)25-18-13-11-14-20-27-34;1-5-7-9-11-13-18-24-31(23-17-10-8-6-2)29-38-33(37)26-20-16-22-28-35(30(3)4)32(36)25-19-14-12-15-21-27-34/h2*30-31H,5-29H2,1-4H3. The van der Waals surface area contributed by atoms with Crippen molar-refractivity contribution in [3.8, 4) is 0 Å². The molecule has 0 aromatic heterocycles. The fourth-order valence-electron chi connectivity index (χ4n) is 10.2. The van der Waals surface area contributed by atoms with Crippen molar-refractivity contribution < 1.29 is 28.7 Å². The summed E-state index contributed by atoms with van der Waals surface area (Å²) in [5, 5.41) is 2.15. The van der Waals surface area contributed by atoms with Gasteiger partial charge in [-0.3, -0.25) is 19.2 Å². The van der Waals surface area contributed by atoms with Crippen molar-refractivity contribution in [3.63, 3.8) is 0 Å². The molecule has 452 valence electrons. The van der Waals surface area contributed by atoms with Gasteiger partial charge in [0.1, 0.15) is 0 Å². The fourth-order valence-corrected chi connectivity index (χ4v) is 11.0. The van der Waals surface area contributed by atoms with E-state index in [1.165, 1.54) is 180 Å². The number of halogens is 2. The van der Waals surface area contributed by atoms with Gasteiger partial charge < -0.3 is 19.3 Å². The number of esters is 2. The van der Waals surface area contributed by atoms with Crippen LogP contribution in [0.3, 0.4) is 0 Å². The minimum atomic E-state index is -0.0603. The first-order valence-electron chi connectivity index (χ1n) is 32.9. The molecule has 0 aliphatic heterocycles. The molecule has 0 aromatic rings. The number of nitrogens with zero attached hydrogens (tertiary/aromatic N) is 2. The Bertz CT molecular complexity index is 1270. The third-order valence-electron chi connectivity index (χ3n) is 15.3. The van der Waals surface area contributed by atoms with E-state index < -0.39 is 0 Å². The van der Waals surface area contributed by atoms with E-state index in [0.29, 0.717) is 44.8 Å². The van der Waals surface area contributed by atoms with E-state index in [1.807, 2.05) is 9.80 Å². The van der Waals surface area contributed by atoms with Crippen molar-refractivity contribution in [2.75, 3.05) is 37.0 Å². The molecule has 0 saturated carbocycles. The van der Waals surface area contributed by atoms with E-state index in [4.69, 9.17) is 9.47 Å². The zero-order valence-electron chi connectivity index (χ0n) is 51.8. The molecule has 0 aromatic carbocycles. The fraction of sp³-hybridized carbons (Fsp3) is 0.939. The highest BCUT2D eigenvalue weighted by molar-refractivity contribution is 9.09. The lowest BCUT2D eigenvalue weighted by Gasteiger charge is -2.27. The second-order valence-electron chi connectivity index (χ2n) is 23.4. The number of alkyl halides is 2. The van der Waals surface area contributed by atoms with E-state index in [9.17, 15) is 19.2 Å². The van der Waals surface area contributed by atoms with Crippen LogP contribution in [-0.4, -0.2) is 82.6 Å². The summed E-state index contributed by atoms with van der Waals surface area (Å²) in [6.45, 7) is 20.4. The van der Waals surface area contributed by atoms with Gasteiger partial charge in [-0.05, 0) is 110 Å². The molecule has 2 unspecified atom stereocenters. The summed E-state index contributed by atoms with van der Waals surface area (Å²) in [4.78, 5) is 53.8. The largest absolute Gasteiger partial charge is 0.466 e. The second kappa shape index (κ2) is 59.9. The van der Waals surface area contributed by atoms with Gasteiger partial charge in [-0.1, -0.05) is 246 Å². The highest BCUT2D eigenvalue weighted by Gasteiger charge is 2.18. The third kappa shape index (κ3) is 53.5. The Kier molecular flexibility index (Phi) is 60.7. The van der Waals surface area contributed by atoms with Crippen LogP contribution in [0, 0.1) is 11.8 Å². The van der Waals surface area contributed by atoms with Crippen LogP contribution in [0.25, 0.3) is 0 Å². The van der Waals surface area contributed by atoms with Gasteiger partial charge in [0.25, 0.3) is 0 Å². The van der Waals surface area contributed by atoms with Crippen LogP contribution in [0.4, 0.5) is 0 Å². The molecule has 0 rings (SSSR count). The number of hydrogen-bond acceptors (Lipinski definition) is 6. The van der Waals surface area contributed by atoms with Gasteiger partial charge in [-0.2, -0.15) is 0 Å². The van der Waals surface area contributed by atoms with Crippen LogP contribution < -0.4 is 0 Å². The van der Waals surface area contributed by atoms with Crippen molar-refractivity contribution in [3.05, 3.63) is 0 Å². The first-order valence-corrected chi connectivity index (χ1v) is 35.1. The summed E-state index contributed by atoms with van der Waals surface area (Å²) in [7, 11) is 0. The molecule has 0 fully saturated rings. The zero-order chi connectivity index (χ0) is 56.5. The summed E-state index contributed by atoms with van der Waals surface area (Å²) in [6.07, 6.45) is 50.7. The summed E-state index contributed by atoms with van der Waals surface area (Å²) >= 11 is 6.94. The number of unbranched alkanes of at least 4 members (excludes halogenated alkanes) is 28. The highest BCUT2D eigenvalue weighted by Crippen LogP contribution is 2.21. The molecule has 76 heavy (non-hydrogen) atoms. The number of carbonyl (C=O) groups excluding carboxylic acids is 4. The van der Waals surface area contributed by atoms with Crippen LogP contribution in [0.15, 0.2) is 0 Å². The van der Waals surface area contributed by atoms with E-state index in [2.05, 4.69) is 87.2 Å². The van der Waals surface area contributed by atoms with Crippen LogP contribution in [0.5, 0.6) is 0 Å². The first kappa shape index (κ1) is 76.9. The lowest BCUT2D eigenvalue weighted by atomic mass is 9.95. The number of amides is 2. The Morgan fingerprint density at radius 1 is 0.355 bits per heavy atom. The van der Waals surface area contributed by atoms with Crippen molar-refractivity contribution in [2.24, 2.45) is 11.8 Å². The predicted octanol–water partition coefficient (Wildman–Crippen LogP) is 20.8. The molecule has 0 N–H and O–H groups in total. The van der Waals surface area contributed by atoms with Crippen LogP contribution in [0.1, 0.15) is 338 Å². The van der Waals surface area contributed by atoms with Crippen molar-refractivity contribution in [2.45, 2.75) is 350 Å². The molecule has 0 saturated heterocycles. The quantitative estimate of drug-likeness (QED) is 0.0342. The molecule has 2 atom stereocenters. The van der Waals surface area contributed by atoms with Crippen molar-refractivity contribution >= 4 is 55.6 Å². The molecule has 2 amide bonds. The molecule has 8 nitrogen and oxygen atoms in total. The average molecular weight is 1210 g/mol. The van der Waals surface area contributed by atoms with E-state index in [1.54, 1.807) is 0 Å². The molecule has 0 radical (unpaired) electrons. The van der Waals surface area contributed by atoms with Gasteiger partial charge >= 0.3 is 11.9 Å². The molecule has 0 aliphatic rings. The number of ether oxygens (including phenoxy) is 2. The maximum absolute atomic E-state index is 12.7. The average Bonchev–Trinajstić information content (AvgIpc) is 3.40. The minimum absolute atomic E-state index is 0.0387. The van der Waals surface area contributed by atoms with Crippen molar-refractivity contribution in [1.82, 2.24) is 9.80 Å². The Labute approximate surface area is 490 Å². The lowest BCUT2D eigenvalue weighted by molar-refractivity contribution is -0.145. The smallest absolute Gasteiger partial charge is 0.305 e. The lowest BCUT2D eigenvalue weighted by Crippen LogP contribution is -2.37. The normalized spacial score (nSPS) is 12.2. The molecule has 0 spiro atoms. The summed E-state index contributed by atoms with van der Waals surface area (Å²) < 4.78 is 11.2. The Hall–Kier alpha value is -1.16. The molecule has 0 bridgehead atoms. The van der Waals surface area contributed by atoms with E-state index in [-0.39, 0.29) is 35.8 Å². The maximum Gasteiger partial charge on any atom is 0.305 e. The van der Waals surface area contributed by atoms with Gasteiger partial charge in [0.05, 0.1) is 13.2 Å². The van der Waals surface area contributed by atoms with Crippen molar-refractivity contribution in [1.29, 1.82) is 0 Å². The summed E-state index contributed by atoms with van der Waals surface area (Å²) in [6, 6.07) is 0.478. The van der Waals surface area contributed by atoms with Gasteiger partial charge in [-0.25, -0.2) is 0 Å². The van der Waals surface area contributed by atoms with Crippen LogP contribution in [-0.2, 0) is 28.7 Å². The topological polar surface area (TPSA) is 93.2 Å². The Morgan fingerprint density at radius 2 is 0.684 bits per heavy atom. The zero-order valence-corrected chi connectivity index (χ0v) is 54.9. The summed E-state index contributed by atoms with van der Waals surface area (Å²) in [5.41, 5.74) is 0. The number of hydrogen-bond donors (Lipinski definition) is 0. The highest BCUT2D eigenvalue weighted by atomic mass is 79.9. The van der Waals surface area contributed by atoms with E-state index >= 15 is 0 Å². The maximum atomic E-state index is 12.7. The van der Waals surface area contributed by atoms with Gasteiger partial charge in [0.15, 0.2) is 0 Å². The third-order valence-corrected chi connectivity index (χ3v) is 16.4. The van der Waals surface area contributed by atoms with Crippen LogP contribution in [0.2, 0.25) is 0 Å².